The Morgan fingerprint density at radius 3 is 2.42 bits per heavy atom. The average molecular weight is 347 g/mol. The number of aromatic amines is 1. The molecule has 4 aromatic rings. The van der Waals surface area contributed by atoms with Crippen LogP contribution in [0, 0.1) is 6.92 Å². The molecule has 26 heavy (non-hydrogen) atoms. The lowest BCUT2D eigenvalue weighted by Gasteiger charge is -2.13. The molecule has 0 unspecified atom stereocenters. The van der Waals surface area contributed by atoms with Crippen molar-refractivity contribution in [1.82, 2.24) is 19.7 Å². The summed E-state index contributed by atoms with van der Waals surface area (Å²) in [6.07, 6.45) is 0. The summed E-state index contributed by atoms with van der Waals surface area (Å²) in [5.74, 6) is 1.35. The lowest BCUT2D eigenvalue weighted by Crippen LogP contribution is -2.22. The number of rotatable bonds is 3. The van der Waals surface area contributed by atoms with Gasteiger partial charge in [0.1, 0.15) is 17.0 Å². The van der Waals surface area contributed by atoms with Crippen LogP contribution in [0.3, 0.4) is 0 Å². The normalized spacial score (nSPS) is 11.0. The molecule has 0 atom stereocenters. The first kappa shape index (κ1) is 15.9. The molecule has 0 spiro atoms. The van der Waals surface area contributed by atoms with E-state index in [1.165, 1.54) is 0 Å². The maximum atomic E-state index is 13.2. The zero-order valence-electron chi connectivity index (χ0n) is 14.4. The van der Waals surface area contributed by atoms with Crippen LogP contribution < -0.4 is 16.0 Å². The molecule has 0 bridgehead atoms. The van der Waals surface area contributed by atoms with Crippen molar-refractivity contribution in [3.63, 3.8) is 0 Å². The van der Waals surface area contributed by atoms with Gasteiger partial charge in [0.2, 0.25) is 0 Å². The van der Waals surface area contributed by atoms with E-state index >= 15 is 0 Å². The zero-order valence-corrected chi connectivity index (χ0v) is 14.4. The highest BCUT2D eigenvalue weighted by molar-refractivity contribution is 5.86. The summed E-state index contributed by atoms with van der Waals surface area (Å²) in [6.45, 7) is 2.01. The van der Waals surface area contributed by atoms with Crippen LogP contribution in [0.2, 0.25) is 0 Å². The van der Waals surface area contributed by atoms with Gasteiger partial charge in [-0.25, -0.2) is 4.98 Å². The Hall–Kier alpha value is -3.61. The van der Waals surface area contributed by atoms with Crippen molar-refractivity contribution < 1.29 is 4.74 Å². The van der Waals surface area contributed by atoms with Gasteiger partial charge in [-0.15, -0.1) is 0 Å². The van der Waals surface area contributed by atoms with Gasteiger partial charge in [0, 0.05) is 5.56 Å². The highest BCUT2D eigenvalue weighted by atomic mass is 16.5. The van der Waals surface area contributed by atoms with Gasteiger partial charge in [0.15, 0.2) is 11.5 Å². The van der Waals surface area contributed by atoms with E-state index in [-0.39, 0.29) is 16.8 Å². The molecule has 0 amide bonds. The van der Waals surface area contributed by atoms with Crippen LogP contribution in [0.25, 0.3) is 28.1 Å². The molecule has 0 aliphatic carbocycles. The van der Waals surface area contributed by atoms with E-state index in [0.29, 0.717) is 22.9 Å². The highest BCUT2D eigenvalue weighted by Gasteiger charge is 2.18. The summed E-state index contributed by atoms with van der Waals surface area (Å²) in [6, 6.07) is 15.0. The van der Waals surface area contributed by atoms with Gasteiger partial charge < -0.3 is 10.5 Å². The molecule has 0 saturated heterocycles. The summed E-state index contributed by atoms with van der Waals surface area (Å²) >= 11 is 0. The fourth-order valence-corrected chi connectivity index (χ4v) is 2.87. The smallest absolute Gasteiger partial charge is 0.271 e. The first-order chi connectivity index (χ1) is 12.6. The van der Waals surface area contributed by atoms with Crippen molar-refractivity contribution in [3.8, 4) is 22.8 Å². The van der Waals surface area contributed by atoms with Gasteiger partial charge in [0.05, 0.1) is 12.8 Å². The lowest BCUT2D eigenvalue weighted by molar-refractivity contribution is 0.414. The topological polar surface area (TPSA) is 98.8 Å². The third kappa shape index (κ3) is 2.50. The molecule has 7 heteroatoms. The number of hydrogen-bond acceptors (Lipinski definition) is 5. The van der Waals surface area contributed by atoms with E-state index in [1.807, 2.05) is 43.3 Å². The van der Waals surface area contributed by atoms with Gasteiger partial charge in [-0.05, 0) is 31.2 Å². The van der Waals surface area contributed by atoms with E-state index in [2.05, 4.69) is 15.2 Å². The van der Waals surface area contributed by atoms with Gasteiger partial charge in [-0.3, -0.25) is 14.5 Å². The molecular formula is C19H17N5O2. The second-order valence-corrected chi connectivity index (χ2v) is 5.97. The molecule has 2 heterocycles. The quantitative estimate of drug-likeness (QED) is 0.594. The molecule has 0 fully saturated rings. The standard InChI is InChI=1S/C19H17N5O2/c1-11-3-5-12(6-4-11)18-21-17-15(16(20)22-23-17)19(25)24(18)13-7-9-14(26-2)10-8-13/h3-10H,1-2H3,(H3,20,22,23). The minimum Gasteiger partial charge on any atom is -0.497 e. The molecule has 3 N–H and O–H groups in total. The van der Waals surface area contributed by atoms with Crippen molar-refractivity contribution in [2.24, 2.45) is 0 Å². The van der Waals surface area contributed by atoms with Crippen LogP contribution in [0.4, 0.5) is 5.82 Å². The van der Waals surface area contributed by atoms with E-state index in [1.54, 1.807) is 23.8 Å². The summed E-state index contributed by atoms with van der Waals surface area (Å²) in [4.78, 5) is 17.8. The van der Waals surface area contributed by atoms with E-state index in [4.69, 9.17) is 10.5 Å². The summed E-state index contributed by atoms with van der Waals surface area (Å²) in [5.41, 5.74) is 8.57. The molecule has 4 rings (SSSR count). The number of benzene rings is 2. The molecule has 0 aliphatic rings. The van der Waals surface area contributed by atoms with Crippen LogP contribution in [0.5, 0.6) is 5.75 Å². The molecule has 0 saturated carbocycles. The average Bonchev–Trinajstić information content (AvgIpc) is 3.03. The number of nitrogen functional groups attached to an aromatic ring is 1. The molecule has 130 valence electrons. The summed E-state index contributed by atoms with van der Waals surface area (Å²) < 4.78 is 6.74. The van der Waals surface area contributed by atoms with Crippen LogP contribution in [-0.4, -0.2) is 26.9 Å². The number of nitrogens with two attached hydrogens (primary N) is 1. The number of anilines is 1. The van der Waals surface area contributed by atoms with E-state index in [9.17, 15) is 4.79 Å². The first-order valence-electron chi connectivity index (χ1n) is 8.06. The lowest BCUT2D eigenvalue weighted by atomic mass is 10.1. The molecule has 2 aromatic heterocycles. The van der Waals surface area contributed by atoms with E-state index in [0.717, 1.165) is 11.1 Å². The largest absolute Gasteiger partial charge is 0.497 e. The monoisotopic (exact) mass is 347 g/mol. The predicted octanol–water partition coefficient (Wildman–Crippen LogP) is 2.68. The Kier molecular flexibility index (Phi) is 3.69. The molecule has 0 radical (unpaired) electrons. The Bertz CT molecular complexity index is 1140. The number of fused-ring (bicyclic) bond motifs is 1. The second-order valence-electron chi connectivity index (χ2n) is 5.97. The zero-order chi connectivity index (χ0) is 18.3. The minimum absolute atomic E-state index is 0.134. The third-order valence-electron chi connectivity index (χ3n) is 4.26. The Morgan fingerprint density at radius 2 is 1.77 bits per heavy atom. The van der Waals surface area contributed by atoms with Crippen molar-refractivity contribution >= 4 is 16.9 Å². The van der Waals surface area contributed by atoms with Crippen LogP contribution >= 0.6 is 0 Å². The van der Waals surface area contributed by atoms with Gasteiger partial charge in [-0.2, -0.15) is 5.10 Å². The fourth-order valence-electron chi connectivity index (χ4n) is 2.87. The van der Waals surface area contributed by atoms with Crippen LogP contribution in [0.15, 0.2) is 53.3 Å². The molecular weight excluding hydrogens is 330 g/mol. The Morgan fingerprint density at radius 1 is 1.08 bits per heavy atom. The molecule has 7 nitrogen and oxygen atoms in total. The first-order valence-corrected chi connectivity index (χ1v) is 8.06. The maximum Gasteiger partial charge on any atom is 0.271 e. The number of nitrogens with zero attached hydrogens (tertiary/aromatic N) is 3. The number of hydrogen-bond donors (Lipinski definition) is 2. The van der Waals surface area contributed by atoms with Crippen molar-refractivity contribution in [3.05, 3.63) is 64.4 Å². The third-order valence-corrected chi connectivity index (χ3v) is 4.26. The number of methoxy groups -OCH3 is 1. The van der Waals surface area contributed by atoms with Crippen molar-refractivity contribution in [2.75, 3.05) is 12.8 Å². The number of aryl methyl sites for hydroxylation is 1. The Balaban J connectivity index is 2.05. The SMILES string of the molecule is COc1ccc(-n2c(-c3ccc(C)cc3)nc3[nH]nc(N)c3c2=O)cc1. The van der Waals surface area contributed by atoms with Crippen molar-refractivity contribution in [1.29, 1.82) is 0 Å². The van der Waals surface area contributed by atoms with Crippen LogP contribution in [-0.2, 0) is 0 Å². The van der Waals surface area contributed by atoms with Crippen molar-refractivity contribution in [2.45, 2.75) is 6.92 Å². The molecule has 0 aliphatic heterocycles. The maximum absolute atomic E-state index is 13.2. The van der Waals surface area contributed by atoms with Gasteiger partial charge in [-0.1, -0.05) is 29.8 Å². The predicted molar refractivity (Wildman–Crippen MR) is 101 cm³/mol. The Labute approximate surface area is 149 Å². The number of ether oxygens (including phenoxy) is 1. The fraction of sp³-hybridized carbons (Fsp3) is 0.105. The minimum atomic E-state index is -0.276. The van der Waals surface area contributed by atoms with Gasteiger partial charge in [0.25, 0.3) is 5.56 Å². The second kappa shape index (κ2) is 6.03. The van der Waals surface area contributed by atoms with E-state index < -0.39 is 0 Å². The number of H-pyrrole nitrogens is 1. The van der Waals surface area contributed by atoms with Gasteiger partial charge >= 0.3 is 0 Å². The summed E-state index contributed by atoms with van der Waals surface area (Å²) in [7, 11) is 1.60. The number of aromatic nitrogens is 4. The molecule has 2 aromatic carbocycles. The summed E-state index contributed by atoms with van der Waals surface area (Å²) in [5, 5.41) is 6.93. The van der Waals surface area contributed by atoms with Crippen LogP contribution in [0.1, 0.15) is 5.56 Å². The number of nitrogens with one attached hydrogen (secondary N) is 1. The highest BCUT2D eigenvalue weighted by Crippen LogP contribution is 2.24.